The zero-order valence-electron chi connectivity index (χ0n) is 10.5. The van der Waals surface area contributed by atoms with Gasteiger partial charge in [0.05, 0.1) is 12.5 Å². The molecule has 0 heterocycles. The molecule has 0 unspecified atom stereocenters. The SMILES string of the molecule is COc1c(C)cc(CC(C)(C)C(=O)O)cc1F. The molecule has 0 aliphatic heterocycles. The molecule has 1 aromatic rings. The number of aliphatic carboxylic acids is 1. The van der Waals surface area contributed by atoms with E-state index in [1.54, 1.807) is 26.8 Å². The summed E-state index contributed by atoms with van der Waals surface area (Å²) in [7, 11) is 1.41. The van der Waals surface area contributed by atoms with Crippen LogP contribution in [0.1, 0.15) is 25.0 Å². The van der Waals surface area contributed by atoms with Crippen LogP contribution in [0.25, 0.3) is 0 Å². The average Bonchev–Trinajstić information content (AvgIpc) is 2.15. The summed E-state index contributed by atoms with van der Waals surface area (Å²) in [6.07, 6.45) is 0.282. The lowest BCUT2D eigenvalue weighted by atomic mass is 9.85. The minimum Gasteiger partial charge on any atom is -0.493 e. The fourth-order valence-electron chi connectivity index (χ4n) is 1.75. The van der Waals surface area contributed by atoms with E-state index in [0.29, 0.717) is 11.1 Å². The lowest BCUT2D eigenvalue weighted by Crippen LogP contribution is -2.26. The molecule has 0 saturated carbocycles. The van der Waals surface area contributed by atoms with E-state index in [2.05, 4.69) is 0 Å². The maximum atomic E-state index is 13.6. The fraction of sp³-hybridized carbons (Fsp3) is 0.462. The molecule has 94 valence electrons. The molecule has 0 bridgehead atoms. The molecule has 0 amide bonds. The number of ether oxygens (including phenoxy) is 1. The molecule has 0 saturated heterocycles. The molecule has 0 aliphatic rings. The van der Waals surface area contributed by atoms with E-state index in [4.69, 9.17) is 9.84 Å². The summed E-state index contributed by atoms with van der Waals surface area (Å²) >= 11 is 0. The molecule has 4 heteroatoms. The van der Waals surface area contributed by atoms with Crippen LogP contribution < -0.4 is 4.74 Å². The number of aryl methyl sites for hydroxylation is 1. The first-order chi connectivity index (χ1) is 7.77. The highest BCUT2D eigenvalue weighted by atomic mass is 19.1. The van der Waals surface area contributed by atoms with E-state index < -0.39 is 17.2 Å². The van der Waals surface area contributed by atoms with Crippen LogP contribution in [0.2, 0.25) is 0 Å². The summed E-state index contributed by atoms with van der Waals surface area (Å²) < 4.78 is 18.5. The Bertz CT molecular complexity index is 415. The molecule has 17 heavy (non-hydrogen) atoms. The molecule has 0 spiro atoms. The Morgan fingerprint density at radius 3 is 2.47 bits per heavy atom. The van der Waals surface area contributed by atoms with E-state index in [9.17, 15) is 9.18 Å². The summed E-state index contributed by atoms with van der Waals surface area (Å²) in [5.41, 5.74) is 0.421. The van der Waals surface area contributed by atoms with E-state index in [0.717, 1.165) is 0 Å². The van der Waals surface area contributed by atoms with Crippen LogP contribution in [0.4, 0.5) is 4.39 Å². The van der Waals surface area contributed by atoms with Crippen molar-refractivity contribution in [3.63, 3.8) is 0 Å². The fourth-order valence-corrected chi connectivity index (χ4v) is 1.75. The van der Waals surface area contributed by atoms with Crippen LogP contribution in [-0.4, -0.2) is 18.2 Å². The Labute approximate surface area is 100 Å². The topological polar surface area (TPSA) is 46.5 Å². The number of benzene rings is 1. The van der Waals surface area contributed by atoms with Gasteiger partial charge in [-0.1, -0.05) is 6.07 Å². The third kappa shape index (κ3) is 2.96. The number of carboxylic acid groups (broad SMARTS) is 1. The van der Waals surface area contributed by atoms with Gasteiger partial charge in [-0.25, -0.2) is 4.39 Å². The molecular weight excluding hydrogens is 223 g/mol. The van der Waals surface area contributed by atoms with Crippen molar-refractivity contribution in [2.24, 2.45) is 5.41 Å². The Balaban J connectivity index is 3.06. The Morgan fingerprint density at radius 2 is 2.06 bits per heavy atom. The smallest absolute Gasteiger partial charge is 0.309 e. The second kappa shape index (κ2) is 4.73. The quantitative estimate of drug-likeness (QED) is 0.880. The second-order valence-electron chi connectivity index (χ2n) is 4.79. The molecule has 0 aromatic heterocycles. The highest BCUT2D eigenvalue weighted by Crippen LogP contribution is 2.28. The number of rotatable bonds is 4. The number of carbonyl (C=O) groups is 1. The molecule has 1 rings (SSSR count). The minimum absolute atomic E-state index is 0.210. The first-order valence-electron chi connectivity index (χ1n) is 5.34. The van der Waals surface area contributed by atoms with Crippen molar-refractivity contribution in [1.82, 2.24) is 0 Å². The van der Waals surface area contributed by atoms with Gasteiger partial charge in [0.1, 0.15) is 0 Å². The van der Waals surface area contributed by atoms with Crippen LogP contribution in [0.5, 0.6) is 5.75 Å². The van der Waals surface area contributed by atoms with Crippen LogP contribution in [0.3, 0.4) is 0 Å². The first-order valence-corrected chi connectivity index (χ1v) is 5.34. The predicted octanol–water partition coefficient (Wildman–Crippen LogP) is 2.80. The lowest BCUT2D eigenvalue weighted by molar-refractivity contribution is -0.146. The standard InChI is InChI=1S/C13H17FO3/c1-8-5-9(6-10(14)11(8)17-4)7-13(2,3)12(15)16/h5-6H,7H2,1-4H3,(H,15,16). The number of carboxylic acids is 1. The van der Waals surface area contributed by atoms with Gasteiger partial charge in [-0.2, -0.15) is 0 Å². The van der Waals surface area contributed by atoms with Gasteiger partial charge >= 0.3 is 5.97 Å². The molecule has 0 fully saturated rings. The summed E-state index contributed by atoms with van der Waals surface area (Å²) in [5, 5.41) is 9.02. The number of halogens is 1. The van der Waals surface area contributed by atoms with Gasteiger partial charge in [0, 0.05) is 0 Å². The third-order valence-corrected chi connectivity index (χ3v) is 2.72. The largest absolute Gasteiger partial charge is 0.493 e. The number of hydrogen-bond acceptors (Lipinski definition) is 2. The van der Waals surface area contributed by atoms with E-state index in [-0.39, 0.29) is 12.2 Å². The van der Waals surface area contributed by atoms with E-state index >= 15 is 0 Å². The Kier molecular flexibility index (Phi) is 3.76. The van der Waals surface area contributed by atoms with Gasteiger partial charge in [-0.15, -0.1) is 0 Å². The summed E-state index contributed by atoms with van der Waals surface area (Å²) in [4.78, 5) is 11.0. The van der Waals surface area contributed by atoms with Crippen molar-refractivity contribution in [2.45, 2.75) is 27.2 Å². The monoisotopic (exact) mass is 240 g/mol. The van der Waals surface area contributed by atoms with Crippen molar-refractivity contribution in [1.29, 1.82) is 0 Å². The third-order valence-electron chi connectivity index (χ3n) is 2.72. The molecular formula is C13H17FO3. The minimum atomic E-state index is -0.909. The van der Waals surface area contributed by atoms with Gasteiger partial charge in [0.2, 0.25) is 0 Å². The van der Waals surface area contributed by atoms with Crippen LogP contribution in [-0.2, 0) is 11.2 Å². The highest BCUT2D eigenvalue weighted by molar-refractivity contribution is 5.74. The summed E-state index contributed by atoms with van der Waals surface area (Å²) in [6.45, 7) is 4.97. The predicted molar refractivity (Wildman–Crippen MR) is 62.8 cm³/mol. The Hall–Kier alpha value is -1.58. The number of hydrogen-bond donors (Lipinski definition) is 1. The van der Waals surface area contributed by atoms with Crippen molar-refractivity contribution in [3.8, 4) is 5.75 Å². The molecule has 1 aromatic carbocycles. The highest BCUT2D eigenvalue weighted by Gasteiger charge is 2.27. The molecule has 0 radical (unpaired) electrons. The molecule has 1 N–H and O–H groups in total. The maximum absolute atomic E-state index is 13.6. The molecule has 0 aliphatic carbocycles. The van der Waals surface area contributed by atoms with Gasteiger partial charge in [-0.3, -0.25) is 4.79 Å². The van der Waals surface area contributed by atoms with Crippen molar-refractivity contribution in [2.75, 3.05) is 7.11 Å². The van der Waals surface area contributed by atoms with Crippen LogP contribution >= 0.6 is 0 Å². The zero-order valence-corrected chi connectivity index (χ0v) is 10.5. The van der Waals surface area contributed by atoms with Gasteiger partial charge < -0.3 is 9.84 Å². The van der Waals surface area contributed by atoms with Crippen LogP contribution in [0, 0.1) is 18.2 Å². The lowest BCUT2D eigenvalue weighted by Gasteiger charge is -2.19. The van der Waals surface area contributed by atoms with E-state index in [1.165, 1.54) is 13.2 Å². The summed E-state index contributed by atoms with van der Waals surface area (Å²) in [5.74, 6) is -1.14. The summed E-state index contributed by atoms with van der Waals surface area (Å²) in [6, 6.07) is 3.09. The molecule has 0 atom stereocenters. The second-order valence-corrected chi connectivity index (χ2v) is 4.79. The molecule has 3 nitrogen and oxygen atoms in total. The van der Waals surface area contributed by atoms with Crippen molar-refractivity contribution >= 4 is 5.97 Å². The number of methoxy groups -OCH3 is 1. The van der Waals surface area contributed by atoms with E-state index in [1.807, 2.05) is 0 Å². The van der Waals surface area contributed by atoms with Gasteiger partial charge in [-0.05, 0) is 44.4 Å². The van der Waals surface area contributed by atoms with Crippen molar-refractivity contribution in [3.05, 3.63) is 29.1 Å². The van der Waals surface area contributed by atoms with Crippen LogP contribution in [0.15, 0.2) is 12.1 Å². The zero-order chi connectivity index (χ0) is 13.2. The van der Waals surface area contributed by atoms with Gasteiger partial charge in [0.15, 0.2) is 11.6 Å². The van der Waals surface area contributed by atoms with Crippen molar-refractivity contribution < 1.29 is 19.0 Å². The maximum Gasteiger partial charge on any atom is 0.309 e. The average molecular weight is 240 g/mol. The normalized spacial score (nSPS) is 11.4. The Morgan fingerprint density at radius 1 is 1.47 bits per heavy atom. The first kappa shape index (κ1) is 13.5. The van der Waals surface area contributed by atoms with Gasteiger partial charge in [0.25, 0.3) is 0 Å².